The van der Waals surface area contributed by atoms with Gasteiger partial charge in [0.2, 0.25) is 0 Å². The third kappa shape index (κ3) is 47.8. The fraction of sp³-hybridized carbons (Fsp3) is 0.925. The average molecular weight is 1070 g/mol. The van der Waals surface area contributed by atoms with Crippen molar-refractivity contribution >= 4 is 39.5 Å². The zero-order valence-corrected chi connectivity index (χ0v) is 47.2. The summed E-state index contributed by atoms with van der Waals surface area (Å²) in [6.07, 6.45) is 29.5. The summed E-state index contributed by atoms with van der Waals surface area (Å²) < 4.78 is 67.3. The maximum absolute atomic E-state index is 12.8. The lowest BCUT2D eigenvalue weighted by molar-refractivity contribution is -0.161. The number of unbranched alkanes of at least 4 members (excludes halogenated alkanes) is 28. The van der Waals surface area contributed by atoms with E-state index in [-0.39, 0.29) is 25.7 Å². The Morgan fingerprint density at radius 2 is 0.556 bits per heavy atom. The summed E-state index contributed by atoms with van der Waals surface area (Å²) in [5.41, 5.74) is 0. The Kier molecular flexibility index (Phi) is 47.4. The van der Waals surface area contributed by atoms with E-state index >= 15 is 0 Å². The maximum atomic E-state index is 12.8. The van der Waals surface area contributed by atoms with Crippen LogP contribution in [0.2, 0.25) is 0 Å². The summed E-state index contributed by atoms with van der Waals surface area (Å²) in [6.45, 7) is 4.70. The molecule has 17 nitrogen and oxygen atoms in total. The number of carbonyl (C=O) groups excluding carboxylic acids is 4. The van der Waals surface area contributed by atoms with Gasteiger partial charge < -0.3 is 33.8 Å². The molecule has 0 rings (SSSR count). The Balaban J connectivity index is 5.19. The second-order valence-corrected chi connectivity index (χ2v) is 22.2. The van der Waals surface area contributed by atoms with Crippen LogP contribution in [0, 0.1) is 0 Å². The van der Waals surface area contributed by atoms with Crippen molar-refractivity contribution in [2.75, 3.05) is 39.6 Å². The van der Waals surface area contributed by atoms with Gasteiger partial charge in [-0.15, -0.1) is 0 Å². The number of hydrogen-bond acceptors (Lipinski definition) is 15. The molecule has 0 amide bonds. The molecule has 426 valence electrons. The Hall–Kier alpha value is -1.94. The van der Waals surface area contributed by atoms with E-state index in [1.54, 1.807) is 0 Å². The maximum Gasteiger partial charge on any atom is 0.472 e. The lowest BCUT2D eigenvalue weighted by Crippen LogP contribution is -2.30. The van der Waals surface area contributed by atoms with Crippen molar-refractivity contribution in [3.05, 3.63) is 0 Å². The van der Waals surface area contributed by atoms with Crippen molar-refractivity contribution in [1.82, 2.24) is 0 Å². The summed E-state index contributed by atoms with van der Waals surface area (Å²) in [6, 6.07) is 0. The topological polar surface area (TPSA) is 237 Å². The number of rotatable bonds is 54. The van der Waals surface area contributed by atoms with E-state index in [0.717, 1.165) is 116 Å². The molecule has 0 aliphatic carbocycles. The van der Waals surface area contributed by atoms with Gasteiger partial charge in [-0.2, -0.15) is 0 Å². The molecule has 0 aromatic heterocycles. The number of esters is 4. The summed E-state index contributed by atoms with van der Waals surface area (Å²) in [5, 5.41) is 10.4. The molecule has 0 saturated carbocycles. The second-order valence-electron chi connectivity index (χ2n) is 19.3. The van der Waals surface area contributed by atoms with Crippen LogP contribution in [0.1, 0.15) is 259 Å². The predicted molar refractivity (Wildman–Crippen MR) is 280 cm³/mol. The van der Waals surface area contributed by atoms with Crippen LogP contribution in [0.3, 0.4) is 0 Å². The van der Waals surface area contributed by atoms with Crippen LogP contribution in [0.15, 0.2) is 0 Å². The van der Waals surface area contributed by atoms with Gasteiger partial charge in [0.05, 0.1) is 26.4 Å². The van der Waals surface area contributed by atoms with Crippen LogP contribution in [-0.2, 0) is 65.4 Å². The molecule has 0 spiro atoms. The summed E-state index contributed by atoms with van der Waals surface area (Å²) in [4.78, 5) is 71.4. The minimum absolute atomic E-state index is 0.105. The fourth-order valence-electron chi connectivity index (χ4n) is 7.69. The zero-order valence-electron chi connectivity index (χ0n) is 45.4. The Bertz CT molecular complexity index is 1320. The second kappa shape index (κ2) is 48.7. The number of carbonyl (C=O) groups is 4. The molecule has 0 aliphatic heterocycles. The predicted octanol–water partition coefficient (Wildman–Crippen LogP) is 13.6. The number of hydrogen-bond donors (Lipinski definition) is 3. The van der Waals surface area contributed by atoms with Gasteiger partial charge in [-0.1, -0.05) is 207 Å². The number of aliphatic hydroxyl groups excluding tert-OH is 1. The van der Waals surface area contributed by atoms with Crippen LogP contribution < -0.4 is 0 Å². The van der Waals surface area contributed by atoms with Crippen molar-refractivity contribution in [3.8, 4) is 0 Å². The first-order valence-electron chi connectivity index (χ1n) is 28.3. The van der Waals surface area contributed by atoms with Crippen LogP contribution in [0.4, 0.5) is 0 Å². The van der Waals surface area contributed by atoms with E-state index in [9.17, 15) is 43.2 Å². The van der Waals surface area contributed by atoms with Crippen molar-refractivity contribution in [1.29, 1.82) is 0 Å². The lowest BCUT2D eigenvalue weighted by atomic mass is 10.1. The number of ether oxygens (including phenoxy) is 4. The Morgan fingerprint density at radius 1 is 0.333 bits per heavy atom. The van der Waals surface area contributed by atoms with E-state index in [4.69, 9.17) is 37.0 Å². The van der Waals surface area contributed by atoms with Gasteiger partial charge in [-0.05, 0) is 25.7 Å². The van der Waals surface area contributed by atoms with Gasteiger partial charge >= 0.3 is 39.5 Å². The number of phosphoric acid groups is 2. The highest BCUT2D eigenvalue weighted by molar-refractivity contribution is 7.47. The monoisotopic (exact) mass is 1070 g/mol. The highest BCUT2D eigenvalue weighted by Gasteiger charge is 2.30. The van der Waals surface area contributed by atoms with E-state index in [1.807, 2.05) is 0 Å². The van der Waals surface area contributed by atoms with Crippen molar-refractivity contribution in [3.63, 3.8) is 0 Å². The first kappa shape index (κ1) is 70.1. The van der Waals surface area contributed by atoms with Crippen LogP contribution >= 0.6 is 15.6 Å². The molecule has 0 radical (unpaired) electrons. The van der Waals surface area contributed by atoms with Crippen LogP contribution in [0.5, 0.6) is 0 Å². The SMILES string of the molecule is CCCCCCCCCCC(=O)OC[C@H](COP(=O)(O)OCC(O)COP(=O)(O)OC[C@@H](COC(=O)CCCCCCCCCC)OC(=O)CCCCCCCCCC)OC(=O)CCCCCCCCCC. The van der Waals surface area contributed by atoms with Gasteiger partial charge in [-0.25, -0.2) is 9.13 Å². The molecule has 19 heteroatoms. The molecule has 0 heterocycles. The van der Waals surface area contributed by atoms with Gasteiger partial charge in [0, 0.05) is 25.7 Å². The Labute approximate surface area is 435 Å². The third-order valence-electron chi connectivity index (χ3n) is 12.1. The van der Waals surface area contributed by atoms with Crippen molar-refractivity contribution < 1.29 is 80.2 Å². The zero-order chi connectivity index (χ0) is 53.4. The van der Waals surface area contributed by atoms with Crippen LogP contribution in [0.25, 0.3) is 0 Å². The third-order valence-corrected chi connectivity index (χ3v) is 14.0. The minimum Gasteiger partial charge on any atom is -0.462 e. The molecule has 4 atom stereocenters. The normalized spacial score (nSPS) is 14.5. The highest BCUT2D eigenvalue weighted by atomic mass is 31.2. The quantitative estimate of drug-likeness (QED) is 0.0222. The Morgan fingerprint density at radius 3 is 0.819 bits per heavy atom. The fourth-order valence-corrected chi connectivity index (χ4v) is 9.27. The highest BCUT2D eigenvalue weighted by Crippen LogP contribution is 2.45. The number of aliphatic hydroxyl groups is 1. The first-order chi connectivity index (χ1) is 34.7. The molecular formula is C53H102O17P2. The average Bonchev–Trinajstić information content (AvgIpc) is 3.35. The summed E-state index contributed by atoms with van der Waals surface area (Å²) in [5.74, 6) is -2.16. The minimum atomic E-state index is -4.92. The summed E-state index contributed by atoms with van der Waals surface area (Å²) in [7, 11) is -9.85. The largest absolute Gasteiger partial charge is 0.472 e. The van der Waals surface area contributed by atoms with E-state index in [2.05, 4.69) is 27.7 Å². The van der Waals surface area contributed by atoms with E-state index in [1.165, 1.54) is 64.2 Å². The molecule has 0 aliphatic rings. The number of phosphoric ester groups is 2. The van der Waals surface area contributed by atoms with E-state index in [0.29, 0.717) is 25.7 Å². The lowest BCUT2D eigenvalue weighted by Gasteiger charge is -2.21. The molecule has 0 aromatic rings. The molecule has 2 unspecified atom stereocenters. The van der Waals surface area contributed by atoms with Gasteiger partial charge in [0.1, 0.15) is 19.3 Å². The molecule has 0 fully saturated rings. The van der Waals surface area contributed by atoms with Crippen molar-refractivity contribution in [2.24, 2.45) is 0 Å². The van der Waals surface area contributed by atoms with Crippen molar-refractivity contribution in [2.45, 2.75) is 277 Å². The van der Waals surface area contributed by atoms with Gasteiger partial charge in [0.15, 0.2) is 12.2 Å². The molecule has 0 saturated heterocycles. The molecular weight excluding hydrogens is 971 g/mol. The summed E-state index contributed by atoms with van der Waals surface area (Å²) >= 11 is 0. The van der Waals surface area contributed by atoms with E-state index < -0.39 is 97.5 Å². The molecule has 3 N–H and O–H groups in total. The molecule has 72 heavy (non-hydrogen) atoms. The standard InChI is InChI=1S/C53H102O17P2/c1-5-9-13-17-21-25-29-33-37-50(55)63-43-48(69-52(57)39-35-31-27-23-19-15-11-7-3)45-67-71(59,60)65-41-47(54)42-66-72(61,62)68-46-49(70-53(58)40-36-32-28-24-20-16-12-8-4)44-64-51(56)38-34-30-26-22-18-14-10-6-2/h47-49,54H,5-46H2,1-4H3,(H,59,60)(H,61,62)/t48-,49-/m1/s1. The molecule has 0 aromatic carbocycles. The molecule has 0 bridgehead atoms. The van der Waals surface area contributed by atoms with Crippen LogP contribution in [-0.4, -0.2) is 96.7 Å². The van der Waals surface area contributed by atoms with Gasteiger partial charge in [-0.3, -0.25) is 37.3 Å². The van der Waals surface area contributed by atoms with Gasteiger partial charge in [0.25, 0.3) is 0 Å². The first-order valence-corrected chi connectivity index (χ1v) is 31.3. The smallest absolute Gasteiger partial charge is 0.462 e.